The maximum atomic E-state index is 13.8. The number of anilines is 1. The summed E-state index contributed by atoms with van der Waals surface area (Å²) in [7, 11) is 0. The molecule has 0 spiro atoms. The van der Waals surface area contributed by atoms with Crippen molar-refractivity contribution in [1.82, 2.24) is 24.6 Å². The molecular formula is C24H22Cl2N6O. The second-order valence-corrected chi connectivity index (χ2v) is 8.89. The molecule has 0 aliphatic carbocycles. The van der Waals surface area contributed by atoms with E-state index in [2.05, 4.69) is 27.2 Å². The summed E-state index contributed by atoms with van der Waals surface area (Å²) in [5.41, 5.74) is 4.14. The third kappa shape index (κ3) is 4.08. The number of halogens is 2. The molecule has 1 aliphatic rings. The monoisotopic (exact) mass is 480 g/mol. The predicted molar refractivity (Wildman–Crippen MR) is 130 cm³/mol. The van der Waals surface area contributed by atoms with Crippen LogP contribution in [0.3, 0.4) is 0 Å². The zero-order valence-electron chi connectivity index (χ0n) is 18.3. The fraction of sp³-hybridized carbons (Fsp3) is 0.250. The lowest BCUT2D eigenvalue weighted by Gasteiger charge is -2.29. The Bertz CT molecular complexity index is 1380. The van der Waals surface area contributed by atoms with E-state index in [9.17, 15) is 4.79 Å². The Balaban J connectivity index is 1.60. The van der Waals surface area contributed by atoms with Gasteiger partial charge in [-0.25, -0.2) is 4.98 Å². The second-order valence-electron chi connectivity index (χ2n) is 8.04. The zero-order chi connectivity index (χ0) is 23.1. The molecule has 1 aromatic carbocycles. The van der Waals surface area contributed by atoms with Gasteiger partial charge in [-0.2, -0.15) is 9.78 Å². The van der Waals surface area contributed by atoms with E-state index in [4.69, 9.17) is 28.2 Å². The largest absolute Gasteiger partial charge is 0.306 e. The third-order valence-electron chi connectivity index (χ3n) is 5.86. The van der Waals surface area contributed by atoms with Gasteiger partial charge in [-0.3, -0.25) is 14.7 Å². The van der Waals surface area contributed by atoms with E-state index in [0.717, 1.165) is 47.4 Å². The van der Waals surface area contributed by atoms with Crippen LogP contribution in [0.1, 0.15) is 34.2 Å². The lowest BCUT2D eigenvalue weighted by molar-refractivity contribution is 0.102. The summed E-state index contributed by atoms with van der Waals surface area (Å²) in [5.74, 6) is 0.657. The van der Waals surface area contributed by atoms with Gasteiger partial charge in [-0.15, -0.1) is 0 Å². The van der Waals surface area contributed by atoms with Gasteiger partial charge < -0.3 is 5.32 Å². The Morgan fingerprint density at radius 1 is 1.21 bits per heavy atom. The van der Waals surface area contributed by atoms with Crippen molar-refractivity contribution in [2.24, 2.45) is 0 Å². The van der Waals surface area contributed by atoms with Crippen LogP contribution in [0.4, 0.5) is 5.82 Å². The standard InChI is InChI=1S/C24H22Cl2N6O/c1-3-31-9-8-20-17(13-31)22(16-6-4-5-7-19(16)28-20)24(33)29-21-10-14(2)30-32(21)23-18(26)11-15(25)12-27-23/h4-7,10-12H,3,8-9,13H2,1-2H3,(H,29,33). The van der Waals surface area contributed by atoms with Crippen LogP contribution in [0.25, 0.3) is 16.7 Å². The Labute approximate surface area is 201 Å². The first-order chi connectivity index (χ1) is 15.9. The molecule has 7 nitrogen and oxygen atoms in total. The van der Waals surface area contributed by atoms with Crippen molar-refractivity contribution in [2.45, 2.75) is 26.8 Å². The predicted octanol–water partition coefficient (Wildman–Crippen LogP) is 5.06. The van der Waals surface area contributed by atoms with Gasteiger partial charge in [0.05, 0.1) is 26.8 Å². The number of amides is 1. The number of carbonyl (C=O) groups is 1. The second kappa shape index (κ2) is 8.74. The molecule has 4 heterocycles. The third-order valence-corrected chi connectivity index (χ3v) is 6.35. The first kappa shape index (κ1) is 21.8. The molecule has 1 N–H and O–H groups in total. The number of benzene rings is 1. The number of likely N-dealkylation sites (N-methyl/N-ethyl adjacent to an activating group) is 1. The highest BCUT2D eigenvalue weighted by atomic mass is 35.5. The average molecular weight is 481 g/mol. The van der Waals surface area contributed by atoms with Crippen molar-refractivity contribution in [3.8, 4) is 5.82 Å². The molecule has 1 aliphatic heterocycles. The smallest absolute Gasteiger partial charge is 0.257 e. The van der Waals surface area contributed by atoms with Crippen molar-refractivity contribution in [2.75, 3.05) is 18.4 Å². The van der Waals surface area contributed by atoms with E-state index in [0.29, 0.717) is 33.8 Å². The minimum Gasteiger partial charge on any atom is -0.306 e. The maximum Gasteiger partial charge on any atom is 0.257 e. The number of para-hydroxylation sites is 1. The van der Waals surface area contributed by atoms with Crippen LogP contribution in [0.5, 0.6) is 0 Å². The summed E-state index contributed by atoms with van der Waals surface area (Å²) in [6.07, 6.45) is 2.31. The molecule has 0 radical (unpaired) electrons. The fourth-order valence-corrected chi connectivity index (χ4v) is 4.73. The molecule has 9 heteroatoms. The van der Waals surface area contributed by atoms with Crippen LogP contribution >= 0.6 is 23.2 Å². The van der Waals surface area contributed by atoms with E-state index in [-0.39, 0.29) is 5.91 Å². The molecule has 33 heavy (non-hydrogen) atoms. The number of hydrogen-bond acceptors (Lipinski definition) is 5. The molecule has 0 saturated carbocycles. The van der Waals surface area contributed by atoms with Gasteiger partial charge in [0.25, 0.3) is 5.91 Å². The van der Waals surface area contributed by atoms with Crippen LogP contribution in [-0.4, -0.2) is 43.6 Å². The minimum atomic E-state index is -0.214. The summed E-state index contributed by atoms with van der Waals surface area (Å²) in [6.45, 7) is 6.51. The number of pyridine rings is 2. The van der Waals surface area contributed by atoms with Gasteiger partial charge in [-0.05, 0) is 25.6 Å². The molecule has 0 bridgehead atoms. The van der Waals surface area contributed by atoms with Crippen LogP contribution in [0, 0.1) is 6.92 Å². The number of fused-ring (bicyclic) bond motifs is 2. The van der Waals surface area contributed by atoms with E-state index < -0.39 is 0 Å². The van der Waals surface area contributed by atoms with Crippen LogP contribution in [0.15, 0.2) is 42.6 Å². The SMILES string of the molecule is CCN1CCc2nc3ccccc3c(C(=O)Nc3cc(C)nn3-c3ncc(Cl)cc3Cl)c2C1. The number of carbonyl (C=O) groups excluding carboxylic acids is 1. The molecule has 4 aromatic rings. The first-order valence-corrected chi connectivity index (χ1v) is 11.5. The summed E-state index contributed by atoms with van der Waals surface area (Å²) in [4.78, 5) is 25.2. The fourth-order valence-electron chi connectivity index (χ4n) is 4.27. The highest BCUT2D eigenvalue weighted by Crippen LogP contribution is 2.30. The van der Waals surface area contributed by atoms with Gasteiger partial charge in [0.15, 0.2) is 5.82 Å². The Hall–Kier alpha value is -3.00. The lowest BCUT2D eigenvalue weighted by Crippen LogP contribution is -2.33. The summed E-state index contributed by atoms with van der Waals surface area (Å²) in [5, 5.41) is 9.13. The van der Waals surface area contributed by atoms with E-state index in [1.807, 2.05) is 31.2 Å². The average Bonchev–Trinajstić information content (AvgIpc) is 3.16. The topological polar surface area (TPSA) is 75.9 Å². The summed E-state index contributed by atoms with van der Waals surface area (Å²) < 4.78 is 1.53. The highest BCUT2D eigenvalue weighted by molar-refractivity contribution is 6.35. The zero-order valence-corrected chi connectivity index (χ0v) is 19.8. The molecule has 0 atom stereocenters. The number of hydrogen-bond donors (Lipinski definition) is 1. The van der Waals surface area contributed by atoms with Crippen LogP contribution in [0.2, 0.25) is 10.0 Å². The number of nitrogens with zero attached hydrogens (tertiary/aromatic N) is 5. The molecule has 168 valence electrons. The number of aromatic nitrogens is 4. The summed E-state index contributed by atoms with van der Waals surface area (Å²) >= 11 is 12.4. The normalized spacial score (nSPS) is 13.8. The van der Waals surface area contributed by atoms with Gasteiger partial charge in [0.2, 0.25) is 0 Å². The Kier molecular flexibility index (Phi) is 5.78. The van der Waals surface area contributed by atoms with E-state index in [1.54, 1.807) is 12.1 Å². The molecule has 1 amide bonds. The molecule has 3 aromatic heterocycles. The molecule has 0 unspecified atom stereocenters. The number of nitrogens with one attached hydrogen (secondary N) is 1. The number of aryl methyl sites for hydroxylation is 1. The van der Waals surface area contributed by atoms with Gasteiger partial charge >= 0.3 is 0 Å². The Morgan fingerprint density at radius 2 is 2.03 bits per heavy atom. The lowest BCUT2D eigenvalue weighted by atomic mass is 9.95. The van der Waals surface area contributed by atoms with E-state index in [1.165, 1.54) is 10.9 Å². The molecule has 0 saturated heterocycles. The van der Waals surface area contributed by atoms with Crippen molar-refractivity contribution in [1.29, 1.82) is 0 Å². The Morgan fingerprint density at radius 3 is 2.82 bits per heavy atom. The van der Waals surface area contributed by atoms with Crippen molar-refractivity contribution in [3.05, 3.63) is 75.2 Å². The number of rotatable bonds is 4. The maximum absolute atomic E-state index is 13.8. The molecule has 0 fully saturated rings. The molecular weight excluding hydrogens is 459 g/mol. The quantitative estimate of drug-likeness (QED) is 0.441. The van der Waals surface area contributed by atoms with Crippen molar-refractivity contribution < 1.29 is 4.79 Å². The van der Waals surface area contributed by atoms with Gasteiger partial charge in [-0.1, -0.05) is 48.3 Å². The van der Waals surface area contributed by atoms with Gasteiger partial charge in [0.1, 0.15) is 5.82 Å². The van der Waals surface area contributed by atoms with Crippen LogP contribution < -0.4 is 5.32 Å². The van der Waals surface area contributed by atoms with Crippen molar-refractivity contribution >= 4 is 45.8 Å². The van der Waals surface area contributed by atoms with Crippen LogP contribution in [-0.2, 0) is 13.0 Å². The first-order valence-electron chi connectivity index (χ1n) is 10.8. The van der Waals surface area contributed by atoms with Gasteiger partial charge in [0, 0.05) is 48.4 Å². The summed E-state index contributed by atoms with van der Waals surface area (Å²) in [6, 6.07) is 11.2. The molecule has 5 rings (SSSR count). The van der Waals surface area contributed by atoms with E-state index >= 15 is 0 Å². The minimum absolute atomic E-state index is 0.214. The highest BCUT2D eigenvalue weighted by Gasteiger charge is 2.26. The van der Waals surface area contributed by atoms with Crippen molar-refractivity contribution in [3.63, 3.8) is 0 Å².